The smallest absolute Gasteiger partial charge is 0.127 e. The SMILES string of the molecule is Cc1c(Br)nc(C2CC[C@](C#N)(c3ccc(F)cc3)[C@@H](O)C2)n1CC1CC1. The Kier molecular flexibility index (Phi) is 4.85. The molecule has 0 bridgehead atoms. The Morgan fingerprint density at radius 1 is 1.33 bits per heavy atom. The van der Waals surface area contributed by atoms with Crippen molar-refractivity contribution in [2.45, 2.75) is 63.0 Å². The molecular weight excluding hydrogens is 409 g/mol. The molecule has 0 amide bonds. The van der Waals surface area contributed by atoms with Gasteiger partial charge in [0, 0.05) is 18.2 Å². The van der Waals surface area contributed by atoms with Gasteiger partial charge < -0.3 is 9.67 Å². The van der Waals surface area contributed by atoms with Crippen LogP contribution in [-0.2, 0) is 12.0 Å². The molecule has 1 unspecified atom stereocenters. The van der Waals surface area contributed by atoms with E-state index in [1.54, 1.807) is 12.1 Å². The molecule has 0 spiro atoms. The third-order valence-electron chi connectivity index (χ3n) is 6.22. The van der Waals surface area contributed by atoms with Crippen molar-refractivity contribution in [1.82, 2.24) is 9.55 Å². The predicted octanol–water partition coefficient (Wildman–Crippen LogP) is 4.59. The van der Waals surface area contributed by atoms with Crippen LogP contribution in [-0.4, -0.2) is 20.8 Å². The number of aliphatic hydroxyl groups excluding tert-OH is 1. The Morgan fingerprint density at radius 2 is 2.04 bits per heavy atom. The minimum atomic E-state index is -0.982. The van der Waals surface area contributed by atoms with E-state index in [0.717, 1.165) is 35.0 Å². The number of nitriles is 1. The molecule has 3 atom stereocenters. The molecule has 2 fully saturated rings. The zero-order valence-corrected chi connectivity index (χ0v) is 16.9. The summed E-state index contributed by atoms with van der Waals surface area (Å²) in [6, 6.07) is 8.30. The number of hydrogen-bond donors (Lipinski definition) is 1. The largest absolute Gasteiger partial charge is 0.391 e. The van der Waals surface area contributed by atoms with Gasteiger partial charge in [0.15, 0.2) is 0 Å². The van der Waals surface area contributed by atoms with E-state index in [4.69, 9.17) is 4.98 Å². The van der Waals surface area contributed by atoms with Gasteiger partial charge in [0.2, 0.25) is 0 Å². The monoisotopic (exact) mass is 431 g/mol. The van der Waals surface area contributed by atoms with Crippen molar-refractivity contribution >= 4 is 15.9 Å². The zero-order valence-electron chi connectivity index (χ0n) is 15.3. The van der Waals surface area contributed by atoms with Gasteiger partial charge in [-0.25, -0.2) is 9.37 Å². The molecule has 1 aromatic heterocycles. The van der Waals surface area contributed by atoms with E-state index >= 15 is 0 Å². The minimum absolute atomic E-state index is 0.116. The minimum Gasteiger partial charge on any atom is -0.391 e. The quantitative estimate of drug-likeness (QED) is 0.769. The first-order chi connectivity index (χ1) is 12.9. The van der Waals surface area contributed by atoms with Crippen LogP contribution in [0.4, 0.5) is 4.39 Å². The molecule has 0 radical (unpaired) electrons. The van der Waals surface area contributed by atoms with Crippen LogP contribution in [0.5, 0.6) is 0 Å². The van der Waals surface area contributed by atoms with Gasteiger partial charge in [-0.3, -0.25) is 0 Å². The van der Waals surface area contributed by atoms with E-state index in [1.807, 2.05) is 0 Å². The molecule has 1 aromatic carbocycles. The van der Waals surface area contributed by atoms with Gasteiger partial charge >= 0.3 is 0 Å². The third-order valence-corrected chi connectivity index (χ3v) is 6.97. The standard InChI is InChI=1S/C21H23BrFN3O/c1-13-19(22)25-20(26(13)11-14-2-3-14)15-8-9-21(12-24,18(27)10-15)16-4-6-17(23)7-5-16/h4-7,14-15,18,27H,2-3,8-11H2,1H3/t15?,18-,21-/m0/s1. The molecule has 27 heavy (non-hydrogen) atoms. The molecule has 142 valence electrons. The molecule has 2 aliphatic carbocycles. The second-order valence-corrected chi connectivity index (χ2v) is 8.73. The first-order valence-corrected chi connectivity index (χ1v) is 10.3. The Bertz CT molecular complexity index is 884. The van der Waals surface area contributed by atoms with Crippen molar-refractivity contribution in [3.05, 3.63) is 51.8 Å². The molecule has 6 heteroatoms. The van der Waals surface area contributed by atoms with Crippen LogP contribution >= 0.6 is 15.9 Å². The Labute approximate surface area is 167 Å². The fourth-order valence-corrected chi connectivity index (χ4v) is 4.69. The summed E-state index contributed by atoms with van der Waals surface area (Å²) in [7, 11) is 0. The second-order valence-electron chi connectivity index (χ2n) is 7.98. The van der Waals surface area contributed by atoms with E-state index < -0.39 is 11.5 Å². The summed E-state index contributed by atoms with van der Waals surface area (Å²) in [6.45, 7) is 3.05. The lowest BCUT2D eigenvalue weighted by molar-refractivity contribution is 0.0602. The van der Waals surface area contributed by atoms with Crippen LogP contribution in [0.25, 0.3) is 0 Å². The molecular formula is C21H23BrFN3O. The Morgan fingerprint density at radius 3 is 2.63 bits per heavy atom. The average Bonchev–Trinajstić information content (AvgIpc) is 3.44. The second kappa shape index (κ2) is 7.03. The van der Waals surface area contributed by atoms with E-state index in [-0.39, 0.29) is 11.7 Å². The number of halogens is 2. The van der Waals surface area contributed by atoms with Crippen molar-refractivity contribution < 1.29 is 9.50 Å². The van der Waals surface area contributed by atoms with Crippen LogP contribution in [0, 0.1) is 30.0 Å². The molecule has 2 aromatic rings. The highest BCUT2D eigenvalue weighted by Gasteiger charge is 2.46. The van der Waals surface area contributed by atoms with E-state index in [9.17, 15) is 14.8 Å². The molecule has 1 heterocycles. The van der Waals surface area contributed by atoms with Crippen LogP contribution in [0.2, 0.25) is 0 Å². The van der Waals surface area contributed by atoms with Crippen LogP contribution in [0.3, 0.4) is 0 Å². The Hall–Kier alpha value is -1.71. The Balaban J connectivity index is 1.61. The summed E-state index contributed by atoms with van der Waals surface area (Å²) < 4.78 is 16.4. The molecule has 0 saturated heterocycles. The van der Waals surface area contributed by atoms with Gasteiger partial charge in [-0.05, 0) is 78.6 Å². The number of rotatable bonds is 4. The number of nitrogens with zero attached hydrogens (tertiary/aromatic N) is 3. The lowest BCUT2D eigenvalue weighted by Crippen LogP contribution is -2.43. The maximum absolute atomic E-state index is 13.3. The van der Waals surface area contributed by atoms with E-state index in [0.29, 0.717) is 18.4 Å². The summed E-state index contributed by atoms with van der Waals surface area (Å²) in [4.78, 5) is 4.74. The molecule has 2 aliphatic rings. The number of benzene rings is 1. The van der Waals surface area contributed by atoms with Crippen molar-refractivity contribution in [3.8, 4) is 6.07 Å². The first-order valence-electron chi connectivity index (χ1n) is 9.52. The highest BCUT2D eigenvalue weighted by Crippen LogP contribution is 2.45. The van der Waals surface area contributed by atoms with E-state index in [2.05, 4.69) is 33.5 Å². The number of aliphatic hydroxyl groups is 1. The van der Waals surface area contributed by atoms with Gasteiger partial charge in [-0.15, -0.1) is 0 Å². The molecule has 2 saturated carbocycles. The maximum Gasteiger partial charge on any atom is 0.127 e. The summed E-state index contributed by atoms with van der Waals surface area (Å²) in [6.07, 6.45) is 3.52. The molecule has 4 rings (SSSR count). The van der Waals surface area contributed by atoms with E-state index in [1.165, 1.54) is 25.0 Å². The maximum atomic E-state index is 13.3. The van der Waals surface area contributed by atoms with Crippen LogP contribution < -0.4 is 0 Å². The summed E-state index contributed by atoms with van der Waals surface area (Å²) in [5, 5.41) is 20.9. The van der Waals surface area contributed by atoms with Crippen LogP contribution in [0.15, 0.2) is 28.9 Å². The van der Waals surface area contributed by atoms with Gasteiger partial charge in [-0.1, -0.05) is 12.1 Å². The predicted molar refractivity (Wildman–Crippen MR) is 104 cm³/mol. The fourth-order valence-electron chi connectivity index (χ4n) is 4.30. The average molecular weight is 432 g/mol. The van der Waals surface area contributed by atoms with Crippen LogP contribution in [0.1, 0.15) is 55.1 Å². The highest BCUT2D eigenvalue weighted by molar-refractivity contribution is 9.10. The highest BCUT2D eigenvalue weighted by atomic mass is 79.9. The van der Waals surface area contributed by atoms with Crippen molar-refractivity contribution in [2.75, 3.05) is 0 Å². The topological polar surface area (TPSA) is 61.8 Å². The number of imidazole rings is 1. The van der Waals surface area contributed by atoms with Crippen molar-refractivity contribution in [3.63, 3.8) is 0 Å². The zero-order chi connectivity index (χ0) is 19.2. The summed E-state index contributed by atoms with van der Waals surface area (Å²) in [5.74, 6) is 1.52. The molecule has 0 aliphatic heterocycles. The lowest BCUT2D eigenvalue weighted by atomic mass is 9.65. The lowest BCUT2D eigenvalue weighted by Gasteiger charge is -2.39. The summed E-state index contributed by atoms with van der Waals surface area (Å²) in [5.41, 5.74) is 0.836. The summed E-state index contributed by atoms with van der Waals surface area (Å²) >= 11 is 3.56. The third kappa shape index (κ3) is 3.32. The van der Waals surface area contributed by atoms with Crippen molar-refractivity contribution in [1.29, 1.82) is 5.26 Å². The number of hydrogen-bond acceptors (Lipinski definition) is 3. The molecule has 1 N–H and O–H groups in total. The van der Waals surface area contributed by atoms with Gasteiger partial charge in [0.05, 0.1) is 12.2 Å². The number of aromatic nitrogens is 2. The molecule has 4 nitrogen and oxygen atoms in total. The van der Waals surface area contributed by atoms with Gasteiger partial charge in [0.25, 0.3) is 0 Å². The normalized spacial score (nSPS) is 28.1. The fraction of sp³-hybridized carbons (Fsp3) is 0.524. The van der Waals surface area contributed by atoms with Gasteiger partial charge in [-0.2, -0.15) is 5.26 Å². The first kappa shape index (κ1) is 18.6. The van der Waals surface area contributed by atoms with Gasteiger partial charge in [0.1, 0.15) is 21.7 Å². The van der Waals surface area contributed by atoms with Crippen molar-refractivity contribution in [2.24, 2.45) is 5.92 Å².